The molecule has 0 saturated carbocycles. The van der Waals surface area contributed by atoms with Crippen LogP contribution in [0.5, 0.6) is 0 Å². The van der Waals surface area contributed by atoms with Gasteiger partial charge in [0.25, 0.3) is 0 Å². The highest BCUT2D eigenvalue weighted by Gasteiger charge is 2.38. The Hall–Kier alpha value is -0.380. The van der Waals surface area contributed by atoms with Crippen LogP contribution < -0.4 is 5.73 Å². The van der Waals surface area contributed by atoms with Gasteiger partial charge in [0.1, 0.15) is 0 Å². The van der Waals surface area contributed by atoms with E-state index in [1.165, 1.54) is 29.0 Å². The van der Waals surface area contributed by atoms with Crippen LogP contribution in [-0.4, -0.2) is 23.0 Å². The minimum absolute atomic E-state index is 0.243. The van der Waals surface area contributed by atoms with E-state index in [0.29, 0.717) is 18.1 Å². The fraction of sp³-hybridized carbons (Fsp3) is 0.750. The van der Waals surface area contributed by atoms with Crippen molar-refractivity contribution in [2.24, 2.45) is 5.73 Å². The summed E-state index contributed by atoms with van der Waals surface area (Å²) in [6.07, 6.45) is 4.92. The maximum atomic E-state index is 6.48. The maximum absolute atomic E-state index is 6.48. The maximum Gasteiger partial charge on any atom is 0.0598 e. The summed E-state index contributed by atoms with van der Waals surface area (Å²) in [5.41, 5.74) is 6.48. The van der Waals surface area contributed by atoms with Gasteiger partial charge in [0.2, 0.25) is 0 Å². The number of hydrogen-bond acceptors (Lipinski definition) is 3. The number of aryl methyl sites for hydroxylation is 1. The van der Waals surface area contributed by atoms with Crippen LogP contribution in [0.4, 0.5) is 0 Å². The monoisotopic (exact) mass is 280 g/mol. The summed E-state index contributed by atoms with van der Waals surface area (Å²) < 4.78 is 0. The summed E-state index contributed by atoms with van der Waals surface area (Å²) in [6.45, 7) is 9.07. The Balaban J connectivity index is 2.31. The van der Waals surface area contributed by atoms with E-state index in [1.807, 2.05) is 11.3 Å². The van der Waals surface area contributed by atoms with Crippen molar-refractivity contribution < 1.29 is 0 Å². The van der Waals surface area contributed by atoms with Crippen molar-refractivity contribution in [1.82, 2.24) is 4.90 Å². The van der Waals surface area contributed by atoms with E-state index in [4.69, 9.17) is 5.73 Å². The molecule has 1 saturated heterocycles. The third-order valence-electron chi connectivity index (χ3n) is 4.57. The fourth-order valence-corrected chi connectivity index (χ4v) is 4.48. The molecule has 0 aliphatic carbocycles. The van der Waals surface area contributed by atoms with Gasteiger partial charge in [-0.2, -0.15) is 0 Å². The van der Waals surface area contributed by atoms with E-state index < -0.39 is 0 Å². The van der Waals surface area contributed by atoms with Crippen molar-refractivity contribution in [2.45, 2.75) is 77.5 Å². The largest absolute Gasteiger partial charge is 0.326 e. The lowest BCUT2D eigenvalue weighted by Crippen LogP contribution is -2.45. The van der Waals surface area contributed by atoms with E-state index in [-0.39, 0.29) is 6.04 Å². The Bertz CT molecular complexity index is 401. The molecule has 1 aliphatic heterocycles. The molecule has 0 aromatic carbocycles. The van der Waals surface area contributed by atoms with Crippen LogP contribution in [0.1, 0.15) is 62.3 Å². The average Bonchev–Trinajstić information content (AvgIpc) is 2.97. The van der Waals surface area contributed by atoms with Gasteiger partial charge in [-0.05, 0) is 51.7 Å². The van der Waals surface area contributed by atoms with Gasteiger partial charge in [0.15, 0.2) is 0 Å². The molecule has 108 valence electrons. The van der Waals surface area contributed by atoms with Crippen molar-refractivity contribution >= 4 is 11.3 Å². The van der Waals surface area contributed by atoms with Gasteiger partial charge in [-0.25, -0.2) is 0 Å². The van der Waals surface area contributed by atoms with Gasteiger partial charge in [-0.3, -0.25) is 4.90 Å². The number of rotatable bonds is 5. The Morgan fingerprint density at radius 3 is 2.63 bits per heavy atom. The van der Waals surface area contributed by atoms with Crippen molar-refractivity contribution in [3.63, 3.8) is 0 Å². The summed E-state index contributed by atoms with van der Waals surface area (Å²) in [4.78, 5) is 5.56. The predicted octanol–water partition coefficient (Wildman–Crippen LogP) is 4.10. The first kappa shape index (κ1) is 15.0. The summed E-state index contributed by atoms with van der Waals surface area (Å²) in [7, 11) is 0. The lowest BCUT2D eigenvalue weighted by molar-refractivity contribution is 0.114. The molecular formula is C16H28N2S. The van der Waals surface area contributed by atoms with Crippen LogP contribution in [0.2, 0.25) is 0 Å². The Morgan fingerprint density at radius 1 is 1.37 bits per heavy atom. The molecule has 2 nitrogen and oxygen atoms in total. The van der Waals surface area contributed by atoms with Gasteiger partial charge in [0, 0.05) is 27.9 Å². The molecule has 2 N–H and O–H groups in total. The Labute approximate surface area is 122 Å². The van der Waals surface area contributed by atoms with E-state index in [1.54, 1.807) is 0 Å². The first-order valence-corrected chi connectivity index (χ1v) is 8.49. The van der Waals surface area contributed by atoms with E-state index >= 15 is 0 Å². The summed E-state index contributed by atoms with van der Waals surface area (Å²) in [6, 6.07) is 6.54. The minimum atomic E-state index is 0.243. The van der Waals surface area contributed by atoms with E-state index in [2.05, 4.69) is 44.7 Å². The SMILES string of the molecule is CCC(N)C(c1ccc(C)s1)N1C(C)CCC1CC. The third kappa shape index (κ3) is 3.04. The zero-order valence-corrected chi connectivity index (χ0v) is 13.5. The molecule has 0 radical (unpaired) electrons. The lowest BCUT2D eigenvalue weighted by atomic mass is 10.0. The zero-order chi connectivity index (χ0) is 14.0. The zero-order valence-electron chi connectivity index (χ0n) is 12.7. The van der Waals surface area contributed by atoms with Crippen molar-refractivity contribution in [3.8, 4) is 0 Å². The minimum Gasteiger partial charge on any atom is -0.326 e. The summed E-state index contributed by atoms with van der Waals surface area (Å²) in [5, 5.41) is 0. The second kappa shape index (κ2) is 6.38. The first-order valence-electron chi connectivity index (χ1n) is 7.67. The fourth-order valence-electron chi connectivity index (χ4n) is 3.42. The van der Waals surface area contributed by atoms with Gasteiger partial charge in [-0.1, -0.05) is 13.8 Å². The average molecular weight is 280 g/mol. The topological polar surface area (TPSA) is 29.3 Å². The molecule has 1 fully saturated rings. The van der Waals surface area contributed by atoms with Crippen LogP contribution in [-0.2, 0) is 0 Å². The lowest BCUT2D eigenvalue weighted by Gasteiger charge is -2.38. The number of nitrogens with zero attached hydrogens (tertiary/aromatic N) is 1. The van der Waals surface area contributed by atoms with Crippen molar-refractivity contribution in [1.29, 1.82) is 0 Å². The number of hydrogen-bond donors (Lipinski definition) is 1. The molecule has 4 atom stereocenters. The molecule has 2 heterocycles. The smallest absolute Gasteiger partial charge is 0.0598 e. The molecular weight excluding hydrogens is 252 g/mol. The molecule has 1 aliphatic rings. The first-order chi connectivity index (χ1) is 9.08. The van der Waals surface area contributed by atoms with Crippen LogP contribution in [0.15, 0.2) is 12.1 Å². The van der Waals surface area contributed by atoms with Gasteiger partial charge >= 0.3 is 0 Å². The molecule has 0 spiro atoms. The third-order valence-corrected chi connectivity index (χ3v) is 5.64. The van der Waals surface area contributed by atoms with Crippen LogP contribution in [0.25, 0.3) is 0 Å². The highest BCUT2D eigenvalue weighted by Crippen LogP contribution is 2.39. The molecule has 0 amide bonds. The molecule has 4 unspecified atom stereocenters. The van der Waals surface area contributed by atoms with Crippen LogP contribution in [0.3, 0.4) is 0 Å². The summed E-state index contributed by atoms with van der Waals surface area (Å²) >= 11 is 1.92. The number of likely N-dealkylation sites (tertiary alicyclic amines) is 1. The summed E-state index contributed by atoms with van der Waals surface area (Å²) in [5.74, 6) is 0. The van der Waals surface area contributed by atoms with Crippen LogP contribution in [0, 0.1) is 6.92 Å². The molecule has 1 aromatic rings. The quantitative estimate of drug-likeness (QED) is 0.880. The van der Waals surface area contributed by atoms with Gasteiger partial charge in [-0.15, -0.1) is 11.3 Å². The van der Waals surface area contributed by atoms with Gasteiger partial charge < -0.3 is 5.73 Å². The highest BCUT2D eigenvalue weighted by atomic mass is 32.1. The normalized spacial score (nSPS) is 27.6. The molecule has 0 bridgehead atoms. The molecule has 19 heavy (non-hydrogen) atoms. The molecule has 3 heteroatoms. The number of thiophene rings is 1. The van der Waals surface area contributed by atoms with Gasteiger partial charge in [0.05, 0.1) is 6.04 Å². The van der Waals surface area contributed by atoms with E-state index in [0.717, 1.165) is 6.42 Å². The predicted molar refractivity (Wildman–Crippen MR) is 84.7 cm³/mol. The Kier molecular flexibility index (Phi) is 5.04. The van der Waals surface area contributed by atoms with Crippen LogP contribution >= 0.6 is 11.3 Å². The van der Waals surface area contributed by atoms with Crippen molar-refractivity contribution in [2.75, 3.05) is 0 Å². The highest BCUT2D eigenvalue weighted by molar-refractivity contribution is 7.12. The number of nitrogens with two attached hydrogens (primary N) is 1. The van der Waals surface area contributed by atoms with E-state index in [9.17, 15) is 0 Å². The van der Waals surface area contributed by atoms with Crippen molar-refractivity contribution in [3.05, 3.63) is 21.9 Å². The second-order valence-electron chi connectivity index (χ2n) is 5.90. The molecule has 2 rings (SSSR count). The second-order valence-corrected chi connectivity index (χ2v) is 7.22. The Morgan fingerprint density at radius 2 is 2.11 bits per heavy atom. The molecule has 1 aromatic heterocycles. The standard InChI is InChI=1S/C16H28N2S/c1-5-13-9-7-11(3)18(13)16(14(17)6-2)15-10-8-12(4)19-15/h8,10-11,13-14,16H,5-7,9,17H2,1-4H3.